The Labute approximate surface area is 233 Å². The van der Waals surface area contributed by atoms with Crippen LogP contribution in [0.4, 0.5) is 23.8 Å². The number of nitrogens with one attached hydrogen (secondary N) is 2. The number of carbonyl (C=O) groups is 2. The predicted molar refractivity (Wildman–Crippen MR) is 145 cm³/mol. The number of alkyl halides is 3. The molecule has 0 unspecified atom stereocenters. The molecule has 0 bridgehead atoms. The number of likely N-dealkylation sites (tertiary alicyclic amines) is 1. The van der Waals surface area contributed by atoms with Crippen molar-refractivity contribution in [2.45, 2.75) is 51.9 Å². The summed E-state index contributed by atoms with van der Waals surface area (Å²) in [6.07, 6.45) is -0.629. The lowest BCUT2D eigenvalue weighted by Gasteiger charge is -2.34. The van der Waals surface area contributed by atoms with Crippen LogP contribution in [0, 0.1) is 0 Å². The number of piperidine rings is 1. The molecule has 0 aromatic carbocycles. The largest absolute Gasteiger partial charge is 0.474 e. The highest BCUT2D eigenvalue weighted by Gasteiger charge is 2.34. The highest BCUT2D eigenvalue weighted by atomic mass is 32.1. The molecule has 10 nitrogen and oxygen atoms in total. The Morgan fingerprint density at radius 2 is 1.88 bits per heavy atom. The number of primary amides is 1. The van der Waals surface area contributed by atoms with Crippen molar-refractivity contribution in [2.75, 3.05) is 25.0 Å². The summed E-state index contributed by atoms with van der Waals surface area (Å²) in [5.41, 5.74) is 5.42. The average molecular weight is 578 g/mol. The van der Waals surface area contributed by atoms with E-state index in [2.05, 4.69) is 44.3 Å². The molecule has 3 amide bonds. The first-order valence-corrected chi connectivity index (χ1v) is 13.6. The SMILES string of the molecule is CCNC(=O)Nc1cc(-c2nc(C(F)(F)F)cs2)c(-c2cc(C(N)=O)cnc2OC2CCN(C(C)C)CC2)cn1. The Morgan fingerprint density at radius 1 is 1.15 bits per heavy atom. The van der Waals surface area contributed by atoms with E-state index in [4.69, 9.17) is 10.5 Å². The molecule has 4 N–H and O–H groups in total. The van der Waals surface area contributed by atoms with Gasteiger partial charge in [-0.1, -0.05) is 0 Å². The number of urea groups is 1. The molecule has 0 atom stereocenters. The van der Waals surface area contributed by atoms with Crippen LogP contribution in [0.2, 0.25) is 0 Å². The quantitative estimate of drug-likeness (QED) is 0.351. The van der Waals surface area contributed by atoms with Gasteiger partial charge in [0.05, 0.1) is 5.56 Å². The maximum Gasteiger partial charge on any atom is 0.434 e. The maximum absolute atomic E-state index is 13.4. The highest BCUT2D eigenvalue weighted by Crippen LogP contribution is 2.41. The molecule has 14 heteroatoms. The second kappa shape index (κ2) is 12.2. The third-order valence-corrected chi connectivity index (χ3v) is 7.29. The first kappa shape index (κ1) is 29.2. The van der Waals surface area contributed by atoms with Gasteiger partial charge in [0.2, 0.25) is 11.8 Å². The summed E-state index contributed by atoms with van der Waals surface area (Å²) in [6, 6.07) is 2.78. The normalized spacial score (nSPS) is 14.8. The Bertz CT molecular complexity index is 1370. The van der Waals surface area contributed by atoms with Crippen molar-refractivity contribution in [2.24, 2.45) is 5.73 Å². The number of carbonyl (C=O) groups excluding carboxylic acids is 2. The van der Waals surface area contributed by atoms with Crippen LogP contribution in [0.1, 0.15) is 49.7 Å². The molecule has 1 saturated heterocycles. The number of amides is 3. The molecule has 0 radical (unpaired) electrons. The number of hydrogen-bond acceptors (Lipinski definition) is 8. The van der Waals surface area contributed by atoms with Crippen LogP contribution in [0.25, 0.3) is 21.7 Å². The van der Waals surface area contributed by atoms with Gasteiger partial charge in [-0.25, -0.2) is 19.7 Å². The summed E-state index contributed by atoms with van der Waals surface area (Å²) in [4.78, 5) is 38.9. The molecular weight excluding hydrogens is 547 g/mol. The Balaban J connectivity index is 1.79. The minimum absolute atomic E-state index is 0.0318. The number of nitrogens with two attached hydrogens (primary N) is 1. The van der Waals surface area contributed by atoms with Crippen molar-refractivity contribution >= 4 is 29.1 Å². The van der Waals surface area contributed by atoms with Gasteiger partial charge in [0.15, 0.2) is 5.69 Å². The van der Waals surface area contributed by atoms with Crippen LogP contribution in [0.3, 0.4) is 0 Å². The Hall–Kier alpha value is -3.78. The summed E-state index contributed by atoms with van der Waals surface area (Å²) in [6.45, 7) is 8.03. The zero-order valence-electron chi connectivity index (χ0n) is 22.2. The van der Waals surface area contributed by atoms with Crippen LogP contribution < -0.4 is 21.1 Å². The second-order valence-corrected chi connectivity index (χ2v) is 10.4. The van der Waals surface area contributed by atoms with Crippen LogP contribution in [-0.2, 0) is 6.18 Å². The number of aromatic nitrogens is 3. The average Bonchev–Trinajstić information content (AvgIpc) is 3.40. The fourth-order valence-corrected chi connectivity index (χ4v) is 5.16. The standard InChI is InChI=1S/C26H30F3N7O3S/c1-4-31-25(38)35-21-10-18(24-34-20(13-40-24)26(27,28)29)19(12-32-21)17-9-15(22(30)37)11-33-23(17)39-16-5-7-36(8-6-16)14(2)3/h9-14,16H,4-8H2,1-3H3,(H2,30,37)(H2,31,32,35,38). The topological polar surface area (TPSA) is 135 Å². The van der Waals surface area contributed by atoms with E-state index < -0.39 is 23.8 Å². The van der Waals surface area contributed by atoms with Crippen molar-refractivity contribution in [3.63, 3.8) is 0 Å². The number of anilines is 1. The molecule has 3 aromatic heterocycles. The molecular formula is C26H30F3N7O3S. The maximum atomic E-state index is 13.4. The number of hydrogen-bond donors (Lipinski definition) is 3. The van der Waals surface area contributed by atoms with E-state index in [0.717, 1.165) is 42.6 Å². The smallest absolute Gasteiger partial charge is 0.434 e. The van der Waals surface area contributed by atoms with Crippen LogP contribution in [0.5, 0.6) is 5.88 Å². The van der Waals surface area contributed by atoms with Crippen molar-refractivity contribution in [1.29, 1.82) is 0 Å². The molecule has 214 valence electrons. The van der Waals surface area contributed by atoms with Gasteiger partial charge < -0.3 is 20.7 Å². The minimum Gasteiger partial charge on any atom is -0.474 e. The van der Waals surface area contributed by atoms with Gasteiger partial charge in [-0.2, -0.15) is 13.2 Å². The lowest BCUT2D eigenvalue weighted by Crippen LogP contribution is -2.41. The lowest BCUT2D eigenvalue weighted by atomic mass is 10.0. The van der Waals surface area contributed by atoms with E-state index in [1.165, 1.54) is 24.5 Å². The lowest BCUT2D eigenvalue weighted by molar-refractivity contribution is -0.140. The molecule has 0 spiro atoms. The number of pyridine rings is 2. The number of nitrogens with zero attached hydrogens (tertiary/aromatic N) is 4. The van der Waals surface area contributed by atoms with E-state index >= 15 is 0 Å². The molecule has 0 aliphatic carbocycles. The molecule has 1 aliphatic heterocycles. The summed E-state index contributed by atoms with van der Waals surface area (Å²) in [5.74, 6) is -0.452. The van der Waals surface area contributed by atoms with E-state index in [1.54, 1.807) is 6.92 Å². The van der Waals surface area contributed by atoms with Gasteiger partial charge in [0.25, 0.3) is 0 Å². The second-order valence-electron chi connectivity index (χ2n) is 9.52. The first-order chi connectivity index (χ1) is 19.0. The van der Waals surface area contributed by atoms with E-state index in [1.807, 2.05) is 0 Å². The number of rotatable bonds is 8. The van der Waals surface area contributed by atoms with Crippen molar-refractivity contribution in [3.05, 3.63) is 41.2 Å². The molecule has 1 aliphatic rings. The summed E-state index contributed by atoms with van der Waals surface area (Å²) >= 11 is 0.786. The van der Waals surface area contributed by atoms with Crippen LogP contribution >= 0.6 is 11.3 Å². The predicted octanol–water partition coefficient (Wildman–Crippen LogP) is 4.78. The fraction of sp³-hybridized carbons (Fsp3) is 0.423. The highest BCUT2D eigenvalue weighted by molar-refractivity contribution is 7.13. The fourth-order valence-electron chi connectivity index (χ4n) is 4.31. The molecule has 3 aromatic rings. The molecule has 4 heterocycles. The third kappa shape index (κ3) is 6.86. The summed E-state index contributed by atoms with van der Waals surface area (Å²) in [7, 11) is 0. The van der Waals surface area contributed by atoms with Crippen LogP contribution in [0.15, 0.2) is 29.9 Å². The van der Waals surface area contributed by atoms with Gasteiger partial charge in [-0.05, 0) is 45.7 Å². The van der Waals surface area contributed by atoms with E-state index in [-0.39, 0.29) is 33.9 Å². The zero-order valence-corrected chi connectivity index (χ0v) is 23.0. The molecule has 4 rings (SSSR count). The van der Waals surface area contributed by atoms with Gasteiger partial charge in [-0.15, -0.1) is 11.3 Å². The molecule has 0 saturated carbocycles. The van der Waals surface area contributed by atoms with Crippen LogP contribution in [-0.4, -0.2) is 63.6 Å². The Morgan fingerprint density at radius 3 is 2.48 bits per heavy atom. The number of ether oxygens (including phenoxy) is 1. The van der Waals surface area contributed by atoms with Crippen molar-refractivity contribution in [3.8, 4) is 27.6 Å². The van der Waals surface area contributed by atoms with E-state index in [9.17, 15) is 22.8 Å². The van der Waals surface area contributed by atoms with Crippen molar-refractivity contribution in [1.82, 2.24) is 25.2 Å². The van der Waals surface area contributed by atoms with E-state index in [0.29, 0.717) is 23.7 Å². The van der Waals surface area contributed by atoms with Gasteiger partial charge in [0, 0.05) is 60.1 Å². The third-order valence-electron chi connectivity index (χ3n) is 6.42. The number of thiazole rings is 1. The van der Waals surface area contributed by atoms with Crippen molar-refractivity contribution < 1.29 is 27.5 Å². The van der Waals surface area contributed by atoms with Gasteiger partial charge >= 0.3 is 12.2 Å². The Kier molecular flexibility index (Phi) is 8.88. The monoisotopic (exact) mass is 577 g/mol. The first-order valence-electron chi connectivity index (χ1n) is 12.7. The minimum atomic E-state index is -4.64. The summed E-state index contributed by atoms with van der Waals surface area (Å²) in [5, 5.41) is 6.07. The summed E-state index contributed by atoms with van der Waals surface area (Å²) < 4.78 is 46.5. The number of halogens is 3. The molecule has 1 fully saturated rings. The zero-order chi connectivity index (χ0) is 29.0. The van der Waals surface area contributed by atoms with Gasteiger partial charge in [-0.3, -0.25) is 10.1 Å². The van der Waals surface area contributed by atoms with Gasteiger partial charge in [0.1, 0.15) is 16.9 Å². The molecule has 40 heavy (non-hydrogen) atoms.